The van der Waals surface area contributed by atoms with E-state index in [1.54, 1.807) is 0 Å². The van der Waals surface area contributed by atoms with Crippen molar-refractivity contribution in [1.82, 2.24) is 15.1 Å². The summed E-state index contributed by atoms with van der Waals surface area (Å²) < 4.78 is 1.95. The Bertz CT molecular complexity index is 563. The smallest absolute Gasteiger partial charge is 0.0611 e. The molecule has 1 N–H and O–H groups in total. The molecule has 1 unspecified atom stereocenters. The first-order valence-corrected chi connectivity index (χ1v) is 7.55. The number of nitrogens with one attached hydrogen (secondary N) is 1. The second-order valence-corrected chi connectivity index (χ2v) is 5.45. The minimum Gasteiger partial charge on any atom is -0.306 e. The number of halogens is 1. The van der Waals surface area contributed by atoms with Gasteiger partial charge in [0, 0.05) is 23.3 Å². The van der Waals surface area contributed by atoms with Gasteiger partial charge in [-0.1, -0.05) is 24.6 Å². The first-order chi connectivity index (χ1) is 9.65. The van der Waals surface area contributed by atoms with Gasteiger partial charge in [-0.15, -0.1) is 0 Å². The van der Waals surface area contributed by atoms with Crippen LogP contribution in [-0.4, -0.2) is 16.3 Å². The fraction of sp³-hybridized carbons (Fsp3) is 0.438. The van der Waals surface area contributed by atoms with E-state index in [1.807, 2.05) is 23.0 Å². The van der Waals surface area contributed by atoms with Crippen molar-refractivity contribution in [3.8, 4) is 0 Å². The van der Waals surface area contributed by atoms with Crippen molar-refractivity contribution >= 4 is 11.6 Å². The normalized spacial score (nSPS) is 12.6. The second kappa shape index (κ2) is 6.91. The second-order valence-electron chi connectivity index (χ2n) is 5.02. The standard InChI is InChI=1S/C16H22ClN3/c1-4-8-18-16(13-10-19-20(5-2)11-13)15-9-14(17)7-6-12(15)3/h6-7,9-11,16,18H,4-5,8H2,1-3H3. The molecule has 1 heterocycles. The maximum absolute atomic E-state index is 6.17. The third-order valence-corrected chi connectivity index (χ3v) is 3.70. The van der Waals surface area contributed by atoms with E-state index in [-0.39, 0.29) is 6.04 Å². The SMILES string of the molecule is CCCNC(c1cnn(CC)c1)c1cc(Cl)ccc1C. The number of rotatable bonds is 6. The van der Waals surface area contributed by atoms with Crippen LogP contribution in [0.3, 0.4) is 0 Å². The maximum atomic E-state index is 6.17. The largest absolute Gasteiger partial charge is 0.306 e. The van der Waals surface area contributed by atoms with Crippen LogP contribution in [0.15, 0.2) is 30.6 Å². The molecular formula is C16H22ClN3. The summed E-state index contributed by atoms with van der Waals surface area (Å²) in [6.07, 6.45) is 5.14. The molecule has 2 rings (SSSR count). The fourth-order valence-corrected chi connectivity index (χ4v) is 2.50. The predicted molar refractivity (Wildman–Crippen MR) is 84.2 cm³/mol. The Morgan fingerprint density at radius 1 is 1.35 bits per heavy atom. The van der Waals surface area contributed by atoms with Crippen molar-refractivity contribution in [1.29, 1.82) is 0 Å². The number of nitrogens with zero attached hydrogens (tertiary/aromatic N) is 2. The van der Waals surface area contributed by atoms with E-state index in [0.717, 1.165) is 24.5 Å². The van der Waals surface area contributed by atoms with Crippen LogP contribution in [-0.2, 0) is 6.54 Å². The van der Waals surface area contributed by atoms with E-state index in [1.165, 1.54) is 16.7 Å². The first-order valence-electron chi connectivity index (χ1n) is 7.17. The molecule has 0 amide bonds. The van der Waals surface area contributed by atoms with Crippen molar-refractivity contribution in [3.63, 3.8) is 0 Å². The van der Waals surface area contributed by atoms with Crippen LogP contribution in [0.2, 0.25) is 5.02 Å². The minimum atomic E-state index is 0.147. The topological polar surface area (TPSA) is 29.9 Å². The molecule has 2 aromatic rings. The Kier molecular flexibility index (Phi) is 5.21. The van der Waals surface area contributed by atoms with Gasteiger partial charge in [-0.25, -0.2) is 0 Å². The van der Waals surface area contributed by atoms with Crippen LogP contribution in [0.25, 0.3) is 0 Å². The van der Waals surface area contributed by atoms with Crippen LogP contribution < -0.4 is 5.32 Å². The van der Waals surface area contributed by atoms with Crippen LogP contribution in [0.5, 0.6) is 0 Å². The van der Waals surface area contributed by atoms with Gasteiger partial charge in [-0.2, -0.15) is 5.10 Å². The van der Waals surface area contributed by atoms with Gasteiger partial charge < -0.3 is 5.32 Å². The maximum Gasteiger partial charge on any atom is 0.0611 e. The molecular weight excluding hydrogens is 270 g/mol. The monoisotopic (exact) mass is 291 g/mol. The summed E-state index contributed by atoms with van der Waals surface area (Å²) in [5.74, 6) is 0. The number of hydrogen-bond acceptors (Lipinski definition) is 2. The van der Waals surface area contributed by atoms with E-state index in [2.05, 4.69) is 43.4 Å². The van der Waals surface area contributed by atoms with E-state index in [4.69, 9.17) is 11.6 Å². The van der Waals surface area contributed by atoms with Crippen LogP contribution >= 0.6 is 11.6 Å². The molecule has 0 radical (unpaired) electrons. The summed E-state index contributed by atoms with van der Waals surface area (Å²) in [7, 11) is 0. The molecule has 1 aromatic carbocycles. The minimum absolute atomic E-state index is 0.147. The lowest BCUT2D eigenvalue weighted by Gasteiger charge is -2.20. The molecule has 108 valence electrons. The Labute approximate surface area is 126 Å². The molecule has 4 heteroatoms. The highest BCUT2D eigenvalue weighted by molar-refractivity contribution is 6.30. The molecule has 0 saturated carbocycles. The van der Waals surface area contributed by atoms with Gasteiger partial charge in [-0.3, -0.25) is 4.68 Å². The van der Waals surface area contributed by atoms with Crippen LogP contribution in [0.1, 0.15) is 43.0 Å². The highest BCUT2D eigenvalue weighted by atomic mass is 35.5. The number of benzene rings is 1. The van der Waals surface area contributed by atoms with Crippen molar-refractivity contribution in [3.05, 3.63) is 52.3 Å². The van der Waals surface area contributed by atoms with E-state index < -0.39 is 0 Å². The van der Waals surface area contributed by atoms with Gasteiger partial charge in [-0.05, 0) is 50.1 Å². The third-order valence-electron chi connectivity index (χ3n) is 3.46. The van der Waals surface area contributed by atoms with Gasteiger partial charge >= 0.3 is 0 Å². The molecule has 0 saturated heterocycles. The third kappa shape index (κ3) is 3.41. The highest BCUT2D eigenvalue weighted by Gasteiger charge is 2.17. The quantitative estimate of drug-likeness (QED) is 0.873. The molecule has 20 heavy (non-hydrogen) atoms. The van der Waals surface area contributed by atoms with Crippen molar-refractivity contribution in [2.75, 3.05) is 6.54 Å². The zero-order chi connectivity index (χ0) is 14.5. The average Bonchev–Trinajstić information content (AvgIpc) is 2.92. The Morgan fingerprint density at radius 2 is 2.15 bits per heavy atom. The Balaban J connectivity index is 2.38. The Morgan fingerprint density at radius 3 is 2.80 bits per heavy atom. The van der Waals surface area contributed by atoms with E-state index in [9.17, 15) is 0 Å². The molecule has 0 fully saturated rings. The highest BCUT2D eigenvalue weighted by Crippen LogP contribution is 2.27. The molecule has 0 aliphatic carbocycles. The molecule has 0 bridgehead atoms. The Hall–Kier alpha value is -1.32. The summed E-state index contributed by atoms with van der Waals surface area (Å²) in [5.41, 5.74) is 3.65. The molecule has 0 aliphatic rings. The first kappa shape index (κ1) is 15.1. The summed E-state index contributed by atoms with van der Waals surface area (Å²) >= 11 is 6.17. The van der Waals surface area contributed by atoms with Crippen molar-refractivity contribution < 1.29 is 0 Å². The average molecular weight is 292 g/mol. The van der Waals surface area contributed by atoms with Crippen LogP contribution in [0.4, 0.5) is 0 Å². The summed E-state index contributed by atoms with van der Waals surface area (Å²) in [6, 6.07) is 6.21. The molecule has 1 atom stereocenters. The molecule has 0 aliphatic heterocycles. The lowest BCUT2D eigenvalue weighted by atomic mass is 9.97. The summed E-state index contributed by atoms with van der Waals surface area (Å²) in [5, 5.41) is 8.76. The fourth-order valence-electron chi connectivity index (χ4n) is 2.32. The number of aryl methyl sites for hydroxylation is 2. The van der Waals surface area contributed by atoms with Gasteiger partial charge in [0.1, 0.15) is 0 Å². The van der Waals surface area contributed by atoms with Crippen molar-refractivity contribution in [2.24, 2.45) is 0 Å². The number of aromatic nitrogens is 2. The van der Waals surface area contributed by atoms with Crippen LogP contribution in [0, 0.1) is 6.92 Å². The van der Waals surface area contributed by atoms with Gasteiger partial charge in [0.15, 0.2) is 0 Å². The molecule has 3 nitrogen and oxygen atoms in total. The number of hydrogen-bond donors (Lipinski definition) is 1. The van der Waals surface area contributed by atoms with E-state index >= 15 is 0 Å². The predicted octanol–water partition coefficient (Wildman–Crippen LogP) is 3.95. The van der Waals surface area contributed by atoms with Gasteiger partial charge in [0.25, 0.3) is 0 Å². The lowest BCUT2D eigenvalue weighted by molar-refractivity contribution is 0.594. The molecule has 1 aromatic heterocycles. The lowest BCUT2D eigenvalue weighted by Crippen LogP contribution is -2.23. The molecule has 0 spiro atoms. The summed E-state index contributed by atoms with van der Waals surface area (Å²) in [4.78, 5) is 0. The van der Waals surface area contributed by atoms with Crippen molar-refractivity contribution in [2.45, 2.75) is 39.8 Å². The van der Waals surface area contributed by atoms with Gasteiger partial charge in [0.2, 0.25) is 0 Å². The zero-order valence-electron chi connectivity index (χ0n) is 12.4. The zero-order valence-corrected chi connectivity index (χ0v) is 13.1. The van der Waals surface area contributed by atoms with Gasteiger partial charge in [0.05, 0.1) is 12.2 Å². The van der Waals surface area contributed by atoms with E-state index in [0.29, 0.717) is 0 Å². The summed E-state index contributed by atoms with van der Waals surface area (Å²) in [6.45, 7) is 8.24.